The Labute approximate surface area is 211 Å². The number of ether oxygens (including phenoxy) is 1. The van der Waals surface area contributed by atoms with Gasteiger partial charge in [-0.2, -0.15) is 0 Å². The van der Waals surface area contributed by atoms with Crippen LogP contribution in [0.5, 0.6) is 10.9 Å². The number of hydrogen-bond donors (Lipinski definition) is 2. The maximum atomic E-state index is 14.9. The van der Waals surface area contributed by atoms with E-state index in [0.29, 0.717) is 27.7 Å². The molecule has 7 nitrogen and oxygen atoms in total. The zero-order chi connectivity index (χ0) is 26.0. The van der Waals surface area contributed by atoms with Crippen LogP contribution in [0.3, 0.4) is 0 Å². The van der Waals surface area contributed by atoms with E-state index in [0.717, 1.165) is 5.39 Å². The Kier molecular flexibility index (Phi) is 11.0. The summed E-state index contributed by atoms with van der Waals surface area (Å²) in [6, 6.07) is 9.88. The lowest BCUT2D eigenvalue weighted by Crippen LogP contribution is -2.19. The van der Waals surface area contributed by atoms with Gasteiger partial charge in [-0.3, -0.25) is 4.72 Å². The molecule has 2 aromatic carbocycles. The minimum absolute atomic E-state index is 0.0367. The van der Waals surface area contributed by atoms with E-state index in [4.69, 9.17) is 9.15 Å². The Morgan fingerprint density at radius 1 is 1.17 bits per heavy atom. The number of aromatic nitrogens is 1. The molecule has 0 saturated carbocycles. The first kappa shape index (κ1) is 28.2. The normalized spacial score (nSPS) is 11.1. The number of fused-ring (bicyclic) bond motifs is 1. The van der Waals surface area contributed by atoms with Gasteiger partial charge in [0.05, 0.1) is 5.69 Å². The molecule has 0 aliphatic carbocycles. The van der Waals surface area contributed by atoms with E-state index < -0.39 is 22.6 Å². The van der Waals surface area contributed by atoms with E-state index in [1.165, 1.54) is 24.5 Å². The highest BCUT2D eigenvalue weighted by Crippen LogP contribution is 2.29. The molecule has 0 aliphatic rings. The van der Waals surface area contributed by atoms with Gasteiger partial charge in [-0.05, 0) is 43.3 Å². The second-order valence-electron chi connectivity index (χ2n) is 6.58. The molecule has 2 N–H and O–H groups in total. The summed E-state index contributed by atoms with van der Waals surface area (Å²) in [5.41, 5.74) is 1.25. The molecule has 188 valence electrons. The van der Waals surface area contributed by atoms with Gasteiger partial charge in [0.1, 0.15) is 11.3 Å². The number of rotatable bonds is 7. The molecule has 0 radical (unpaired) electrons. The second kappa shape index (κ2) is 13.7. The predicted molar refractivity (Wildman–Crippen MR) is 142 cm³/mol. The molecule has 4 aromatic rings. The standard InChI is InChI=1S/C21H18FN3O4S2.2C2H6/c1-12-15-7-6-14(28-21-24-8-9-30-21)11-18(15)29-20(26)16(12)10-13-4-3-5-17(19(13)22)25-31(27)23-2;2*1-2/h3-9,11,23,25H,10H2,1-2H3;2*1-2H3. The SMILES string of the molecule is CC.CC.CNS(=O)Nc1cccc(Cc2c(C)c3ccc(Oc4nccs4)cc3oc2=O)c1F. The molecule has 0 spiro atoms. The summed E-state index contributed by atoms with van der Waals surface area (Å²) in [5.74, 6) is -0.0719. The van der Waals surface area contributed by atoms with E-state index in [2.05, 4.69) is 14.4 Å². The lowest BCUT2D eigenvalue weighted by Gasteiger charge is -2.12. The highest BCUT2D eigenvalue weighted by molar-refractivity contribution is 7.84. The summed E-state index contributed by atoms with van der Waals surface area (Å²) in [7, 11) is 1.49. The lowest BCUT2D eigenvalue weighted by molar-refractivity contribution is 0.476. The first-order valence-electron chi connectivity index (χ1n) is 11.2. The number of nitrogens with zero attached hydrogens (tertiary/aromatic N) is 1. The zero-order valence-corrected chi connectivity index (χ0v) is 22.2. The minimum atomic E-state index is -1.62. The van der Waals surface area contributed by atoms with E-state index in [1.54, 1.807) is 48.8 Å². The largest absolute Gasteiger partial charge is 0.431 e. The van der Waals surface area contributed by atoms with Crippen molar-refractivity contribution in [2.24, 2.45) is 0 Å². The predicted octanol–water partition coefficient (Wildman–Crippen LogP) is 6.34. The number of anilines is 1. The van der Waals surface area contributed by atoms with Crippen molar-refractivity contribution in [3.8, 4) is 10.9 Å². The topological polar surface area (TPSA) is 93.5 Å². The first-order valence-corrected chi connectivity index (χ1v) is 13.3. The molecule has 2 heterocycles. The van der Waals surface area contributed by atoms with Crippen LogP contribution in [0.2, 0.25) is 0 Å². The summed E-state index contributed by atoms with van der Waals surface area (Å²) >= 11 is -0.270. The van der Waals surface area contributed by atoms with Crippen molar-refractivity contribution >= 4 is 39.2 Å². The lowest BCUT2D eigenvalue weighted by atomic mass is 9.99. The Hall–Kier alpha value is -3.08. The van der Waals surface area contributed by atoms with Gasteiger partial charge in [0.15, 0.2) is 17.0 Å². The number of aryl methyl sites for hydroxylation is 1. The van der Waals surface area contributed by atoms with Crippen LogP contribution in [-0.4, -0.2) is 16.2 Å². The fraction of sp³-hybridized carbons (Fsp3) is 0.280. The molecule has 4 rings (SSSR count). The van der Waals surface area contributed by atoms with Crippen molar-refractivity contribution < 1.29 is 17.8 Å². The highest BCUT2D eigenvalue weighted by atomic mass is 32.2. The molecule has 0 fully saturated rings. The summed E-state index contributed by atoms with van der Waals surface area (Å²) in [4.78, 5) is 16.8. The number of halogens is 1. The van der Waals surface area contributed by atoms with Gasteiger partial charge in [0.2, 0.25) is 0 Å². The first-order chi connectivity index (χ1) is 17.0. The minimum Gasteiger partial charge on any atom is -0.431 e. The Morgan fingerprint density at radius 3 is 2.57 bits per heavy atom. The van der Waals surface area contributed by atoms with E-state index in [9.17, 15) is 13.4 Å². The monoisotopic (exact) mass is 519 g/mol. The average molecular weight is 520 g/mol. The third kappa shape index (κ3) is 6.97. The van der Waals surface area contributed by atoms with Crippen LogP contribution in [0.4, 0.5) is 10.1 Å². The number of thiazole rings is 1. The Balaban J connectivity index is 0.00000103. The van der Waals surface area contributed by atoms with Gasteiger partial charge >= 0.3 is 5.63 Å². The maximum absolute atomic E-state index is 14.9. The van der Waals surface area contributed by atoms with Crippen LogP contribution in [0.15, 0.2) is 57.2 Å². The molecule has 0 bridgehead atoms. The molecule has 2 aromatic heterocycles. The van der Waals surface area contributed by atoms with Gasteiger partial charge in [-0.15, -0.1) is 0 Å². The van der Waals surface area contributed by atoms with Crippen molar-refractivity contribution in [1.82, 2.24) is 9.71 Å². The Bertz CT molecular complexity index is 1320. The zero-order valence-electron chi connectivity index (χ0n) is 20.6. The summed E-state index contributed by atoms with van der Waals surface area (Å²) in [5, 5.41) is 3.01. The van der Waals surface area contributed by atoms with Crippen LogP contribution in [0.1, 0.15) is 44.4 Å². The van der Waals surface area contributed by atoms with Crippen LogP contribution in [0.25, 0.3) is 11.0 Å². The van der Waals surface area contributed by atoms with Crippen LogP contribution in [0, 0.1) is 12.7 Å². The number of benzene rings is 2. The van der Waals surface area contributed by atoms with E-state index >= 15 is 0 Å². The maximum Gasteiger partial charge on any atom is 0.340 e. The molecular formula is C25H30FN3O4S2. The van der Waals surface area contributed by atoms with Crippen molar-refractivity contribution in [2.75, 3.05) is 11.8 Å². The van der Waals surface area contributed by atoms with Gasteiger partial charge in [-0.25, -0.2) is 23.1 Å². The quantitative estimate of drug-likeness (QED) is 0.278. The molecule has 0 aliphatic heterocycles. The van der Waals surface area contributed by atoms with Crippen molar-refractivity contribution in [1.29, 1.82) is 0 Å². The molecule has 1 atom stereocenters. The number of hydrogen-bond acceptors (Lipinski definition) is 6. The van der Waals surface area contributed by atoms with Crippen molar-refractivity contribution in [3.05, 3.63) is 80.9 Å². The molecular weight excluding hydrogens is 489 g/mol. The summed E-state index contributed by atoms with van der Waals surface area (Å²) in [6.45, 7) is 9.80. The molecule has 0 saturated heterocycles. The van der Waals surface area contributed by atoms with Gasteiger partial charge in [0, 0.05) is 35.0 Å². The number of nitrogens with one attached hydrogen (secondary N) is 2. The van der Waals surface area contributed by atoms with Crippen molar-refractivity contribution in [3.63, 3.8) is 0 Å². The van der Waals surface area contributed by atoms with Gasteiger partial charge < -0.3 is 9.15 Å². The second-order valence-corrected chi connectivity index (χ2v) is 8.59. The summed E-state index contributed by atoms with van der Waals surface area (Å²) < 4.78 is 42.7. The van der Waals surface area contributed by atoms with E-state index in [-0.39, 0.29) is 17.7 Å². The average Bonchev–Trinajstić information content (AvgIpc) is 3.39. The van der Waals surface area contributed by atoms with E-state index in [1.807, 2.05) is 27.7 Å². The van der Waals surface area contributed by atoms with Crippen molar-refractivity contribution in [2.45, 2.75) is 41.0 Å². The van der Waals surface area contributed by atoms with Gasteiger partial charge in [0.25, 0.3) is 5.19 Å². The fourth-order valence-corrected chi connectivity index (χ4v) is 4.10. The molecule has 0 amide bonds. The third-order valence-corrected chi connectivity index (χ3v) is 6.13. The smallest absolute Gasteiger partial charge is 0.340 e. The van der Waals surface area contributed by atoms with Crippen LogP contribution in [-0.2, 0) is 17.6 Å². The summed E-state index contributed by atoms with van der Waals surface area (Å²) in [6.07, 6.45) is 1.67. The molecule has 10 heteroatoms. The Morgan fingerprint density at radius 2 is 1.91 bits per heavy atom. The highest BCUT2D eigenvalue weighted by Gasteiger charge is 2.17. The van der Waals surface area contributed by atoms with Crippen LogP contribution >= 0.6 is 11.3 Å². The van der Waals surface area contributed by atoms with Gasteiger partial charge in [-0.1, -0.05) is 51.2 Å². The molecule has 35 heavy (non-hydrogen) atoms. The third-order valence-electron chi connectivity index (χ3n) is 4.71. The molecule has 1 unspecified atom stereocenters. The fourth-order valence-electron chi connectivity index (χ4n) is 3.14. The van der Waals surface area contributed by atoms with Crippen LogP contribution < -0.4 is 19.8 Å².